The second-order valence-electron chi connectivity index (χ2n) is 9.37. The Hall–Kier alpha value is -2.47. The standard InChI is InChI=1S/C21H32N4O3.C2HF3O2/c26-19(14-17-3-12-27-13-4-17)24-15-18-2-5-21(16-28-18)6-10-25(11-7-21)20-22-8-1-9-23-20;3-2(4,5)1(6)7/h1,8-9,17-18H,2-7,10-16H2,(H,24,26);(H,6,7). The average molecular weight is 503 g/mol. The SMILES string of the molecule is O=C(CC1CCOCC1)NCC1CCC2(CCN(c3ncccn3)CC2)CO1.O=C(O)C(F)(F)F. The molecule has 2 N–H and O–H groups in total. The molecule has 9 nitrogen and oxygen atoms in total. The van der Waals surface area contributed by atoms with Crippen LogP contribution < -0.4 is 10.2 Å². The second kappa shape index (κ2) is 12.5. The summed E-state index contributed by atoms with van der Waals surface area (Å²) in [5, 5.41) is 10.2. The molecule has 4 rings (SSSR count). The Balaban J connectivity index is 0.000000429. The Morgan fingerprint density at radius 1 is 1.11 bits per heavy atom. The van der Waals surface area contributed by atoms with Crippen molar-refractivity contribution in [2.24, 2.45) is 11.3 Å². The molecule has 1 amide bonds. The smallest absolute Gasteiger partial charge is 0.475 e. The van der Waals surface area contributed by atoms with Gasteiger partial charge in [-0.25, -0.2) is 14.8 Å². The van der Waals surface area contributed by atoms with Gasteiger partial charge < -0.3 is 24.8 Å². The first kappa shape index (κ1) is 27.1. The lowest BCUT2D eigenvalue weighted by Crippen LogP contribution is -2.48. The molecule has 1 spiro atoms. The third kappa shape index (κ3) is 8.60. The highest BCUT2D eigenvalue weighted by molar-refractivity contribution is 5.76. The first-order valence-electron chi connectivity index (χ1n) is 11.9. The van der Waals surface area contributed by atoms with Crippen LogP contribution in [0.3, 0.4) is 0 Å². The van der Waals surface area contributed by atoms with Crippen molar-refractivity contribution in [1.29, 1.82) is 0 Å². The van der Waals surface area contributed by atoms with Gasteiger partial charge in [-0.15, -0.1) is 0 Å². The summed E-state index contributed by atoms with van der Waals surface area (Å²) in [6, 6.07) is 1.85. The molecule has 1 atom stereocenters. The predicted molar refractivity (Wildman–Crippen MR) is 120 cm³/mol. The Labute approximate surface area is 202 Å². The Morgan fingerprint density at radius 3 is 2.29 bits per heavy atom. The third-order valence-corrected chi connectivity index (χ3v) is 6.87. The number of piperidine rings is 1. The zero-order valence-corrected chi connectivity index (χ0v) is 19.6. The van der Waals surface area contributed by atoms with Gasteiger partial charge in [0, 0.05) is 51.7 Å². The molecule has 0 aromatic carbocycles. The van der Waals surface area contributed by atoms with Gasteiger partial charge in [0.2, 0.25) is 11.9 Å². The van der Waals surface area contributed by atoms with Crippen molar-refractivity contribution in [3.8, 4) is 0 Å². The van der Waals surface area contributed by atoms with E-state index >= 15 is 0 Å². The number of aliphatic carboxylic acids is 1. The number of carboxylic acid groups (broad SMARTS) is 1. The summed E-state index contributed by atoms with van der Waals surface area (Å²) >= 11 is 0. The number of hydrogen-bond donors (Lipinski definition) is 2. The first-order chi connectivity index (χ1) is 16.7. The number of anilines is 1. The summed E-state index contributed by atoms with van der Waals surface area (Å²) in [6.45, 7) is 5.00. The number of nitrogens with one attached hydrogen (secondary N) is 1. The van der Waals surface area contributed by atoms with Gasteiger partial charge in [0.05, 0.1) is 12.7 Å². The van der Waals surface area contributed by atoms with Gasteiger partial charge in [-0.3, -0.25) is 4.79 Å². The Kier molecular flexibility index (Phi) is 9.67. The predicted octanol–water partition coefficient (Wildman–Crippen LogP) is 2.81. The number of aromatic nitrogens is 2. The average Bonchev–Trinajstić information content (AvgIpc) is 2.85. The fourth-order valence-electron chi connectivity index (χ4n) is 4.62. The van der Waals surface area contributed by atoms with E-state index < -0.39 is 12.1 Å². The lowest BCUT2D eigenvalue weighted by Gasteiger charge is -2.45. The zero-order chi connectivity index (χ0) is 25.3. The van der Waals surface area contributed by atoms with E-state index in [1.54, 1.807) is 12.4 Å². The van der Waals surface area contributed by atoms with Crippen molar-refractivity contribution in [2.45, 2.75) is 57.2 Å². The van der Waals surface area contributed by atoms with Gasteiger partial charge in [-0.2, -0.15) is 13.2 Å². The topological polar surface area (TPSA) is 114 Å². The number of hydrogen-bond acceptors (Lipinski definition) is 7. The largest absolute Gasteiger partial charge is 0.490 e. The van der Waals surface area contributed by atoms with Crippen LogP contribution in [0.25, 0.3) is 0 Å². The maximum absolute atomic E-state index is 12.2. The molecule has 0 radical (unpaired) electrons. The number of carbonyl (C=O) groups is 2. The molecule has 12 heteroatoms. The minimum absolute atomic E-state index is 0.153. The van der Waals surface area contributed by atoms with E-state index in [0.29, 0.717) is 18.9 Å². The quantitative estimate of drug-likeness (QED) is 0.632. The van der Waals surface area contributed by atoms with Crippen LogP contribution in [-0.2, 0) is 19.1 Å². The van der Waals surface area contributed by atoms with Crippen LogP contribution in [0.2, 0.25) is 0 Å². The monoisotopic (exact) mass is 502 g/mol. The van der Waals surface area contributed by atoms with E-state index in [1.807, 2.05) is 6.07 Å². The molecular weight excluding hydrogens is 469 g/mol. The molecule has 0 aliphatic carbocycles. The van der Waals surface area contributed by atoms with Crippen LogP contribution in [0.15, 0.2) is 18.5 Å². The number of ether oxygens (including phenoxy) is 2. The fraction of sp³-hybridized carbons (Fsp3) is 0.739. The molecule has 0 bridgehead atoms. The molecule has 1 aromatic heterocycles. The molecule has 1 unspecified atom stereocenters. The third-order valence-electron chi connectivity index (χ3n) is 6.87. The summed E-state index contributed by atoms with van der Waals surface area (Å²) in [4.78, 5) is 32.1. The zero-order valence-electron chi connectivity index (χ0n) is 19.6. The molecule has 4 heterocycles. The minimum Gasteiger partial charge on any atom is -0.475 e. The Morgan fingerprint density at radius 2 is 1.74 bits per heavy atom. The number of carbonyl (C=O) groups excluding carboxylic acids is 1. The molecule has 3 aliphatic rings. The fourth-order valence-corrected chi connectivity index (χ4v) is 4.62. The molecular formula is C23H33F3N4O5. The molecule has 3 aliphatic heterocycles. The molecule has 0 saturated carbocycles. The number of alkyl halides is 3. The van der Waals surface area contributed by atoms with Gasteiger partial charge in [0.15, 0.2) is 0 Å². The van der Waals surface area contributed by atoms with Gasteiger partial charge in [-0.05, 0) is 55.9 Å². The summed E-state index contributed by atoms with van der Waals surface area (Å²) in [5.41, 5.74) is 0.286. The highest BCUT2D eigenvalue weighted by Gasteiger charge is 2.39. The van der Waals surface area contributed by atoms with Crippen molar-refractivity contribution in [2.75, 3.05) is 44.4 Å². The van der Waals surface area contributed by atoms with Gasteiger partial charge in [0.25, 0.3) is 0 Å². The molecule has 3 fully saturated rings. The summed E-state index contributed by atoms with van der Waals surface area (Å²) < 4.78 is 43.3. The van der Waals surface area contributed by atoms with E-state index in [-0.39, 0.29) is 17.4 Å². The second-order valence-corrected chi connectivity index (χ2v) is 9.37. The van der Waals surface area contributed by atoms with E-state index in [1.165, 1.54) is 6.42 Å². The minimum atomic E-state index is -5.08. The van der Waals surface area contributed by atoms with Crippen LogP contribution in [0.4, 0.5) is 19.1 Å². The van der Waals surface area contributed by atoms with Gasteiger partial charge >= 0.3 is 12.1 Å². The van der Waals surface area contributed by atoms with Crippen LogP contribution in [0.1, 0.15) is 44.9 Å². The van der Waals surface area contributed by atoms with E-state index in [0.717, 1.165) is 71.0 Å². The van der Waals surface area contributed by atoms with Crippen molar-refractivity contribution in [1.82, 2.24) is 15.3 Å². The highest BCUT2D eigenvalue weighted by Crippen LogP contribution is 2.40. The Bertz CT molecular complexity index is 803. The number of rotatable bonds is 5. The number of amides is 1. The lowest BCUT2D eigenvalue weighted by molar-refractivity contribution is -0.192. The van der Waals surface area contributed by atoms with Crippen LogP contribution in [0.5, 0.6) is 0 Å². The molecule has 196 valence electrons. The number of carboxylic acids is 1. The van der Waals surface area contributed by atoms with Gasteiger partial charge in [-0.1, -0.05) is 0 Å². The van der Waals surface area contributed by atoms with Crippen LogP contribution >= 0.6 is 0 Å². The highest BCUT2D eigenvalue weighted by atomic mass is 19.4. The summed E-state index contributed by atoms with van der Waals surface area (Å²) in [7, 11) is 0. The van der Waals surface area contributed by atoms with Crippen LogP contribution in [0, 0.1) is 11.3 Å². The molecule has 35 heavy (non-hydrogen) atoms. The van der Waals surface area contributed by atoms with Crippen molar-refractivity contribution in [3.05, 3.63) is 18.5 Å². The van der Waals surface area contributed by atoms with E-state index in [2.05, 4.69) is 20.2 Å². The first-order valence-corrected chi connectivity index (χ1v) is 11.9. The van der Waals surface area contributed by atoms with Crippen LogP contribution in [-0.4, -0.2) is 78.7 Å². The maximum atomic E-state index is 12.2. The van der Waals surface area contributed by atoms with Crippen molar-refractivity contribution in [3.63, 3.8) is 0 Å². The summed E-state index contributed by atoms with van der Waals surface area (Å²) in [5.74, 6) is -1.29. The lowest BCUT2D eigenvalue weighted by atomic mass is 9.73. The van der Waals surface area contributed by atoms with E-state index in [9.17, 15) is 18.0 Å². The summed E-state index contributed by atoms with van der Waals surface area (Å²) in [6.07, 6.45) is 5.74. The van der Waals surface area contributed by atoms with Crippen molar-refractivity contribution >= 4 is 17.8 Å². The maximum Gasteiger partial charge on any atom is 0.490 e. The molecule has 1 aromatic rings. The van der Waals surface area contributed by atoms with Gasteiger partial charge in [0.1, 0.15) is 0 Å². The number of nitrogens with zero attached hydrogens (tertiary/aromatic N) is 3. The number of halogens is 3. The normalized spacial score (nSPS) is 22.7. The molecule has 3 saturated heterocycles. The van der Waals surface area contributed by atoms with E-state index in [4.69, 9.17) is 19.4 Å². The van der Waals surface area contributed by atoms with Crippen molar-refractivity contribution < 1.29 is 37.3 Å².